The summed E-state index contributed by atoms with van der Waals surface area (Å²) in [5, 5.41) is 7.21. The second kappa shape index (κ2) is 7.94. The first-order valence-electron chi connectivity index (χ1n) is 9.04. The molecule has 27 heavy (non-hydrogen) atoms. The van der Waals surface area contributed by atoms with E-state index in [0.717, 1.165) is 30.9 Å². The molecule has 0 spiro atoms. The van der Waals surface area contributed by atoms with Gasteiger partial charge in [0.1, 0.15) is 12.1 Å². The van der Waals surface area contributed by atoms with Crippen molar-refractivity contribution in [2.24, 2.45) is 5.92 Å². The zero-order chi connectivity index (χ0) is 18.5. The van der Waals surface area contributed by atoms with Crippen LogP contribution in [-0.4, -0.2) is 43.7 Å². The van der Waals surface area contributed by atoms with Crippen molar-refractivity contribution in [3.8, 4) is 5.82 Å². The largest absolute Gasteiger partial charge is 0.356 e. The van der Waals surface area contributed by atoms with Crippen LogP contribution in [-0.2, 0) is 11.3 Å². The average Bonchev–Trinajstić information content (AvgIpc) is 3.28. The average molecular weight is 363 g/mol. The van der Waals surface area contributed by atoms with Crippen LogP contribution in [0.3, 0.4) is 0 Å². The Kier molecular flexibility index (Phi) is 5.04. The molecule has 138 valence electrons. The predicted molar refractivity (Wildman–Crippen MR) is 100 cm³/mol. The van der Waals surface area contributed by atoms with Crippen LogP contribution in [0, 0.1) is 5.92 Å². The topological polar surface area (TPSA) is 88.8 Å². The lowest BCUT2D eigenvalue weighted by atomic mass is 9.97. The van der Waals surface area contributed by atoms with Gasteiger partial charge in [0.05, 0.1) is 18.2 Å². The maximum Gasteiger partial charge on any atom is 0.225 e. The Labute approximate surface area is 157 Å². The molecule has 0 aliphatic carbocycles. The summed E-state index contributed by atoms with van der Waals surface area (Å²) in [4.78, 5) is 27.6. The number of carbonyl (C=O) groups is 1. The highest BCUT2D eigenvalue weighted by atomic mass is 16.1. The Morgan fingerprint density at radius 2 is 2.07 bits per heavy atom. The first kappa shape index (κ1) is 17.1. The van der Waals surface area contributed by atoms with Crippen LogP contribution >= 0.6 is 0 Å². The number of pyridine rings is 1. The Hall–Kier alpha value is -3.29. The van der Waals surface area contributed by atoms with Crippen molar-refractivity contribution in [2.45, 2.75) is 19.4 Å². The van der Waals surface area contributed by atoms with E-state index in [1.165, 1.54) is 6.33 Å². The molecule has 1 saturated heterocycles. The highest BCUT2D eigenvalue weighted by Crippen LogP contribution is 2.22. The van der Waals surface area contributed by atoms with Gasteiger partial charge >= 0.3 is 0 Å². The van der Waals surface area contributed by atoms with Crippen LogP contribution in [0.25, 0.3) is 5.82 Å². The van der Waals surface area contributed by atoms with Crippen LogP contribution in [0.4, 0.5) is 5.82 Å². The molecule has 8 heteroatoms. The Bertz CT molecular complexity index is 882. The molecule has 0 radical (unpaired) electrons. The molecule has 4 heterocycles. The molecule has 4 rings (SSSR count). The van der Waals surface area contributed by atoms with Crippen LogP contribution in [0.15, 0.2) is 55.2 Å². The van der Waals surface area contributed by atoms with Gasteiger partial charge in [-0.3, -0.25) is 9.78 Å². The molecule has 1 unspecified atom stereocenters. The van der Waals surface area contributed by atoms with E-state index < -0.39 is 0 Å². The van der Waals surface area contributed by atoms with E-state index in [-0.39, 0.29) is 11.8 Å². The second-order valence-electron chi connectivity index (χ2n) is 6.51. The summed E-state index contributed by atoms with van der Waals surface area (Å²) >= 11 is 0. The number of amides is 1. The van der Waals surface area contributed by atoms with Gasteiger partial charge in [-0.2, -0.15) is 5.10 Å². The van der Waals surface area contributed by atoms with Gasteiger partial charge in [0, 0.05) is 37.7 Å². The number of nitrogens with one attached hydrogen (secondary N) is 1. The SMILES string of the molecule is O=C(NCc1ccccn1)C1CCCN(c2cc(-n3cccn3)ncn2)C1. The summed E-state index contributed by atoms with van der Waals surface area (Å²) in [5.41, 5.74) is 0.859. The number of piperidine rings is 1. The minimum absolute atomic E-state index is 0.0618. The monoisotopic (exact) mass is 363 g/mol. The number of hydrogen-bond donors (Lipinski definition) is 1. The maximum atomic E-state index is 12.6. The summed E-state index contributed by atoms with van der Waals surface area (Å²) in [6.45, 7) is 1.97. The molecule has 8 nitrogen and oxygen atoms in total. The van der Waals surface area contributed by atoms with E-state index in [4.69, 9.17) is 0 Å². The van der Waals surface area contributed by atoms with Crippen molar-refractivity contribution in [2.75, 3.05) is 18.0 Å². The molecule has 0 aromatic carbocycles. The van der Waals surface area contributed by atoms with Crippen molar-refractivity contribution in [1.82, 2.24) is 30.0 Å². The Morgan fingerprint density at radius 3 is 2.89 bits per heavy atom. The van der Waals surface area contributed by atoms with Crippen molar-refractivity contribution >= 4 is 11.7 Å². The normalized spacial score (nSPS) is 16.9. The third-order valence-electron chi connectivity index (χ3n) is 4.66. The molecular formula is C19H21N7O. The third kappa shape index (κ3) is 4.11. The molecule has 1 fully saturated rings. The minimum atomic E-state index is -0.0643. The molecule has 3 aromatic heterocycles. The van der Waals surface area contributed by atoms with E-state index in [1.54, 1.807) is 17.1 Å². The molecule has 1 atom stereocenters. The van der Waals surface area contributed by atoms with Crippen molar-refractivity contribution < 1.29 is 4.79 Å². The minimum Gasteiger partial charge on any atom is -0.356 e. The van der Waals surface area contributed by atoms with Gasteiger partial charge in [0.2, 0.25) is 5.91 Å². The molecular weight excluding hydrogens is 342 g/mol. The number of hydrogen-bond acceptors (Lipinski definition) is 6. The summed E-state index contributed by atoms with van der Waals surface area (Å²) in [7, 11) is 0. The zero-order valence-corrected chi connectivity index (χ0v) is 14.9. The van der Waals surface area contributed by atoms with Crippen molar-refractivity contribution in [1.29, 1.82) is 0 Å². The number of carbonyl (C=O) groups excluding carboxylic acids is 1. The summed E-state index contributed by atoms with van der Waals surface area (Å²) in [5.74, 6) is 1.53. The lowest BCUT2D eigenvalue weighted by Gasteiger charge is -2.32. The highest BCUT2D eigenvalue weighted by Gasteiger charge is 2.26. The summed E-state index contributed by atoms with van der Waals surface area (Å²) in [6.07, 6.45) is 8.65. The van der Waals surface area contributed by atoms with Crippen LogP contribution < -0.4 is 10.2 Å². The van der Waals surface area contributed by atoms with E-state index >= 15 is 0 Å². The number of rotatable bonds is 5. The van der Waals surface area contributed by atoms with Crippen molar-refractivity contribution in [3.63, 3.8) is 0 Å². The van der Waals surface area contributed by atoms with Gasteiger partial charge in [-0.05, 0) is 31.0 Å². The van der Waals surface area contributed by atoms with Gasteiger partial charge in [0.25, 0.3) is 0 Å². The van der Waals surface area contributed by atoms with E-state index in [0.29, 0.717) is 18.9 Å². The lowest BCUT2D eigenvalue weighted by Crippen LogP contribution is -2.43. The Balaban J connectivity index is 1.40. The van der Waals surface area contributed by atoms with E-state index in [2.05, 4.69) is 30.3 Å². The molecule has 0 bridgehead atoms. The fourth-order valence-electron chi connectivity index (χ4n) is 3.26. The quantitative estimate of drug-likeness (QED) is 0.741. The Morgan fingerprint density at radius 1 is 1.15 bits per heavy atom. The highest BCUT2D eigenvalue weighted by molar-refractivity contribution is 5.79. The van der Waals surface area contributed by atoms with Gasteiger partial charge in [-0.1, -0.05) is 6.07 Å². The maximum absolute atomic E-state index is 12.6. The number of nitrogens with zero attached hydrogens (tertiary/aromatic N) is 6. The van der Waals surface area contributed by atoms with Crippen LogP contribution in [0.2, 0.25) is 0 Å². The van der Waals surface area contributed by atoms with Crippen LogP contribution in [0.5, 0.6) is 0 Å². The third-order valence-corrected chi connectivity index (χ3v) is 4.66. The van der Waals surface area contributed by atoms with Crippen molar-refractivity contribution in [3.05, 3.63) is 60.9 Å². The number of anilines is 1. The summed E-state index contributed by atoms with van der Waals surface area (Å²) < 4.78 is 1.70. The van der Waals surface area contributed by atoms with Gasteiger partial charge in [-0.15, -0.1) is 0 Å². The van der Waals surface area contributed by atoms with Gasteiger partial charge in [0.15, 0.2) is 5.82 Å². The predicted octanol–water partition coefficient (Wildman–Crippen LogP) is 1.59. The fourth-order valence-corrected chi connectivity index (χ4v) is 3.26. The van der Waals surface area contributed by atoms with Crippen LogP contribution in [0.1, 0.15) is 18.5 Å². The molecule has 1 aliphatic heterocycles. The smallest absolute Gasteiger partial charge is 0.225 e. The van der Waals surface area contributed by atoms with Gasteiger partial charge in [-0.25, -0.2) is 14.6 Å². The molecule has 1 N–H and O–H groups in total. The second-order valence-corrected chi connectivity index (χ2v) is 6.51. The molecule has 1 amide bonds. The standard InChI is InChI=1S/C19H21N7O/c27-19(21-12-16-6-1-2-7-20-16)15-5-3-9-25(13-15)17-11-18(23-14-22-17)26-10-4-8-24-26/h1-2,4,6-8,10-11,14-15H,3,5,9,12-13H2,(H,21,27). The van der Waals surface area contributed by atoms with E-state index in [9.17, 15) is 4.79 Å². The molecule has 3 aromatic rings. The van der Waals surface area contributed by atoms with E-state index in [1.807, 2.05) is 36.5 Å². The van der Waals surface area contributed by atoms with Gasteiger partial charge < -0.3 is 10.2 Å². The summed E-state index contributed by atoms with van der Waals surface area (Å²) in [6, 6.07) is 9.45. The molecule has 0 saturated carbocycles. The molecule has 1 aliphatic rings. The fraction of sp³-hybridized carbons (Fsp3) is 0.316. The first-order valence-corrected chi connectivity index (χ1v) is 9.04. The first-order chi connectivity index (χ1) is 13.3. The number of aromatic nitrogens is 5. The lowest BCUT2D eigenvalue weighted by molar-refractivity contribution is -0.125. The zero-order valence-electron chi connectivity index (χ0n) is 14.9.